The third kappa shape index (κ3) is 4.88. The number of fused-ring (bicyclic) bond motifs is 1. The predicted octanol–water partition coefficient (Wildman–Crippen LogP) is 4.92. The van der Waals surface area contributed by atoms with Crippen molar-refractivity contribution >= 4 is 39.0 Å². The molecule has 1 N–H and O–H groups in total. The maximum absolute atomic E-state index is 13.8. The molecule has 3 rings (SSSR count). The summed E-state index contributed by atoms with van der Waals surface area (Å²) >= 11 is 1.15. The number of hydrogen-bond acceptors (Lipinski definition) is 6. The Bertz CT molecular complexity index is 1180. The second-order valence-electron chi connectivity index (χ2n) is 7.38. The summed E-state index contributed by atoms with van der Waals surface area (Å²) in [5, 5.41) is 9.44. The molecule has 1 amide bonds. The highest BCUT2D eigenvalue weighted by molar-refractivity contribution is 7.16. The number of rotatable bonds is 9. The first kappa shape index (κ1) is 23.6. The van der Waals surface area contributed by atoms with E-state index in [2.05, 4.69) is 10.4 Å². The number of carbonyl (C=O) groups is 2. The molecule has 32 heavy (non-hydrogen) atoms. The lowest BCUT2D eigenvalue weighted by Gasteiger charge is -2.15. The van der Waals surface area contributed by atoms with Crippen LogP contribution in [0.4, 0.5) is 9.39 Å². The Morgan fingerprint density at radius 2 is 1.94 bits per heavy atom. The number of ether oxygens (including phenoxy) is 1. The number of carbonyl (C=O) groups excluding carboxylic acids is 2. The molecule has 0 aliphatic heterocycles. The van der Waals surface area contributed by atoms with Gasteiger partial charge < -0.3 is 10.1 Å². The fraction of sp³-hybridized carbons (Fsp3) is 0.391. The Morgan fingerprint density at radius 3 is 2.56 bits per heavy atom. The lowest BCUT2D eigenvalue weighted by Crippen LogP contribution is -2.27. The van der Waals surface area contributed by atoms with Crippen LogP contribution in [0.3, 0.4) is 0 Å². The molecule has 0 bridgehead atoms. The van der Waals surface area contributed by atoms with E-state index >= 15 is 0 Å². The highest BCUT2D eigenvalue weighted by Gasteiger charge is 2.25. The minimum absolute atomic E-state index is 0.0684. The molecule has 0 aliphatic carbocycles. The molecule has 0 fully saturated rings. The van der Waals surface area contributed by atoms with Crippen LogP contribution in [0.2, 0.25) is 0 Å². The van der Waals surface area contributed by atoms with Crippen LogP contribution < -0.4 is 10.9 Å². The van der Waals surface area contributed by atoms with Crippen molar-refractivity contribution in [3.63, 3.8) is 0 Å². The maximum atomic E-state index is 13.8. The minimum Gasteiger partial charge on any atom is -0.461 e. The zero-order valence-corrected chi connectivity index (χ0v) is 19.1. The lowest BCUT2D eigenvalue weighted by atomic mass is 9.97. The number of anilines is 1. The summed E-state index contributed by atoms with van der Waals surface area (Å²) in [7, 11) is 0. The van der Waals surface area contributed by atoms with Gasteiger partial charge in [0.15, 0.2) is 5.69 Å². The van der Waals surface area contributed by atoms with Gasteiger partial charge in [0, 0.05) is 16.7 Å². The molecule has 1 aromatic carbocycles. The van der Waals surface area contributed by atoms with E-state index in [4.69, 9.17) is 4.74 Å². The quantitative estimate of drug-likeness (QED) is 0.459. The van der Waals surface area contributed by atoms with E-state index in [0.29, 0.717) is 10.4 Å². The van der Waals surface area contributed by atoms with Gasteiger partial charge in [-0.3, -0.25) is 9.59 Å². The van der Waals surface area contributed by atoms with Gasteiger partial charge in [-0.15, -0.1) is 11.3 Å². The molecule has 7 nitrogen and oxygen atoms in total. The van der Waals surface area contributed by atoms with Crippen molar-refractivity contribution in [2.75, 3.05) is 11.9 Å². The summed E-state index contributed by atoms with van der Waals surface area (Å²) in [5.74, 6) is -1.58. The standard InChI is InChI=1S/C23H26FN3O4S/c1-4-8-14(9-5-2)20(28)25-21-18-17(13-32-21)19(23(30)31-6-3)26-27(22(18)29)16-11-7-10-15(24)12-16/h7,10-14H,4-6,8-9H2,1-3H3,(H,25,28). The van der Waals surface area contributed by atoms with Crippen molar-refractivity contribution in [1.29, 1.82) is 0 Å². The normalized spacial score (nSPS) is 11.2. The number of esters is 1. The molecule has 0 saturated carbocycles. The van der Waals surface area contributed by atoms with Gasteiger partial charge in [-0.1, -0.05) is 32.8 Å². The van der Waals surface area contributed by atoms with E-state index < -0.39 is 17.3 Å². The molecule has 9 heteroatoms. The average molecular weight is 460 g/mol. The number of nitrogens with one attached hydrogen (secondary N) is 1. The molecule has 2 aromatic heterocycles. The summed E-state index contributed by atoms with van der Waals surface area (Å²) < 4.78 is 19.9. The van der Waals surface area contributed by atoms with E-state index in [9.17, 15) is 18.8 Å². The first-order valence-electron chi connectivity index (χ1n) is 10.7. The zero-order chi connectivity index (χ0) is 23.3. The van der Waals surface area contributed by atoms with Gasteiger partial charge in [-0.2, -0.15) is 9.78 Å². The summed E-state index contributed by atoms with van der Waals surface area (Å²) in [6.07, 6.45) is 3.22. The monoisotopic (exact) mass is 459 g/mol. The molecule has 0 unspecified atom stereocenters. The largest absolute Gasteiger partial charge is 0.461 e. The van der Waals surface area contributed by atoms with Crippen molar-refractivity contribution in [3.05, 3.63) is 51.5 Å². The number of halogens is 1. The summed E-state index contributed by atoms with van der Waals surface area (Å²) in [6, 6.07) is 5.36. The molecular formula is C23H26FN3O4S. The molecule has 3 aromatic rings. The second-order valence-corrected chi connectivity index (χ2v) is 8.26. The van der Waals surface area contributed by atoms with Gasteiger partial charge in [0.25, 0.3) is 5.56 Å². The highest BCUT2D eigenvalue weighted by atomic mass is 32.1. The van der Waals surface area contributed by atoms with Gasteiger partial charge in [-0.25, -0.2) is 9.18 Å². The van der Waals surface area contributed by atoms with E-state index in [-0.39, 0.29) is 35.2 Å². The number of amides is 1. The van der Waals surface area contributed by atoms with Crippen LogP contribution in [0.1, 0.15) is 56.9 Å². The van der Waals surface area contributed by atoms with Gasteiger partial charge >= 0.3 is 5.97 Å². The Hall–Kier alpha value is -3.07. The fourth-order valence-electron chi connectivity index (χ4n) is 3.59. The molecule has 0 spiro atoms. The number of thiophene rings is 1. The van der Waals surface area contributed by atoms with Crippen LogP contribution in [0.5, 0.6) is 0 Å². The van der Waals surface area contributed by atoms with E-state index in [1.54, 1.807) is 12.3 Å². The van der Waals surface area contributed by atoms with Crippen molar-refractivity contribution in [2.24, 2.45) is 5.92 Å². The molecule has 0 aliphatic rings. The smallest absolute Gasteiger partial charge is 0.359 e. The third-order valence-electron chi connectivity index (χ3n) is 5.06. The average Bonchev–Trinajstić information content (AvgIpc) is 3.18. The number of hydrogen-bond donors (Lipinski definition) is 1. The Kier molecular flexibility index (Phi) is 7.74. The van der Waals surface area contributed by atoms with Crippen LogP contribution in [0.25, 0.3) is 16.5 Å². The van der Waals surface area contributed by atoms with Gasteiger partial charge in [0.2, 0.25) is 5.91 Å². The van der Waals surface area contributed by atoms with Gasteiger partial charge in [0.05, 0.1) is 17.7 Å². The Labute approximate surface area is 189 Å². The molecule has 2 heterocycles. The molecule has 0 atom stereocenters. The SMILES string of the molecule is CCCC(CCC)C(=O)Nc1scc2c(C(=O)OCC)nn(-c3cccc(F)c3)c(=O)c12. The summed E-state index contributed by atoms with van der Waals surface area (Å²) in [4.78, 5) is 38.8. The van der Waals surface area contributed by atoms with Crippen LogP contribution >= 0.6 is 11.3 Å². The Balaban J connectivity index is 2.17. The van der Waals surface area contributed by atoms with E-state index in [0.717, 1.165) is 47.8 Å². The van der Waals surface area contributed by atoms with Crippen LogP contribution in [-0.4, -0.2) is 28.3 Å². The fourth-order valence-corrected chi connectivity index (χ4v) is 4.53. The maximum Gasteiger partial charge on any atom is 0.359 e. The van der Waals surface area contributed by atoms with Crippen LogP contribution in [-0.2, 0) is 9.53 Å². The van der Waals surface area contributed by atoms with Crippen LogP contribution in [0.15, 0.2) is 34.4 Å². The summed E-state index contributed by atoms with van der Waals surface area (Å²) in [5.41, 5.74) is -0.459. The first-order valence-corrected chi connectivity index (χ1v) is 11.6. The molecule has 0 saturated heterocycles. The predicted molar refractivity (Wildman–Crippen MR) is 123 cm³/mol. The Morgan fingerprint density at radius 1 is 1.22 bits per heavy atom. The van der Waals surface area contributed by atoms with Crippen molar-refractivity contribution in [3.8, 4) is 5.69 Å². The van der Waals surface area contributed by atoms with Crippen molar-refractivity contribution in [1.82, 2.24) is 9.78 Å². The number of benzene rings is 1. The number of aromatic nitrogens is 2. The molecule has 0 radical (unpaired) electrons. The van der Waals surface area contributed by atoms with E-state index in [1.807, 2.05) is 13.8 Å². The molecule has 170 valence electrons. The summed E-state index contributed by atoms with van der Waals surface area (Å²) in [6.45, 7) is 5.83. The zero-order valence-electron chi connectivity index (χ0n) is 18.3. The van der Waals surface area contributed by atoms with Crippen molar-refractivity contribution < 1.29 is 18.7 Å². The molecular weight excluding hydrogens is 433 g/mol. The lowest BCUT2D eigenvalue weighted by molar-refractivity contribution is -0.120. The first-order chi connectivity index (χ1) is 15.4. The highest BCUT2D eigenvalue weighted by Crippen LogP contribution is 2.31. The topological polar surface area (TPSA) is 90.3 Å². The van der Waals surface area contributed by atoms with Crippen molar-refractivity contribution in [2.45, 2.75) is 46.5 Å². The third-order valence-corrected chi connectivity index (χ3v) is 5.95. The van der Waals surface area contributed by atoms with Crippen LogP contribution in [0, 0.1) is 11.7 Å². The second kappa shape index (κ2) is 10.5. The number of nitrogens with zero attached hydrogens (tertiary/aromatic N) is 2. The van der Waals surface area contributed by atoms with E-state index in [1.165, 1.54) is 18.2 Å². The van der Waals surface area contributed by atoms with Gasteiger partial charge in [0.1, 0.15) is 10.8 Å². The van der Waals surface area contributed by atoms with Gasteiger partial charge in [-0.05, 0) is 38.0 Å². The minimum atomic E-state index is -0.701.